The average Bonchev–Trinajstić information content (AvgIpc) is 2.99. The van der Waals surface area contributed by atoms with Crippen molar-refractivity contribution in [3.8, 4) is 11.8 Å². The van der Waals surface area contributed by atoms with Gasteiger partial charge in [0.05, 0.1) is 19.1 Å². The minimum atomic E-state index is -1.96. The molecule has 1 aliphatic rings. The Balaban J connectivity index is 2.77. The second kappa shape index (κ2) is 14.3. The summed E-state index contributed by atoms with van der Waals surface area (Å²) in [7, 11) is -0.553. The average molecular weight is 481 g/mol. The van der Waals surface area contributed by atoms with Gasteiger partial charge in [-0.1, -0.05) is 71.6 Å². The standard InChI is InChI=1S/C27H48O5Si/c1-8-9-12-15-21(32-33(6,7)27(2,3)4)18-19-23-22(24(28)20-25(23)29)16-13-10-11-14-17-26(30)31-5/h21-23,25,29H,8-17,20H2,1-7H3/t21-,22+,23+,25+/m0/s1. The van der Waals surface area contributed by atoms with E-state index in [1.54, 1.807) is 0 Å². The second-order valence-corrected chi connectivity index (χ2v) is 15.8. The Hall–Kier alpha value is -1.16. The molecule has 0 aliphatic heterocycles. The van der Waals surface area contributed by atoms with Gasteiger partial charge in [0.15, 0.2) is 8.32 Å². The molecule has 1 N–H and O–H groups in total. The van der Waals surface area contributed by atoms with E-state index in [-0.39, 0.29) is 41.2 Å². The molecule has 0 aromatic carbocycles. The molecular weight excluding hydrogens is 432 g/mol. The molecule has 0 spiro atoms. The first-order valence-electron chi connectivity index (χ1n) is 12.9. The van der Waals surface area contributed by atoms with Crippen LogP contribution in [0.15, 0.2) is 0 Å². The number of methoxy groups -OCH3 is 1. The minimum Gasteiger partial charge on any atom is -0.469 e. The number of hydrogen-bond acceptors (Lipinski definition) is 5. The van der Waals surface area contributed by atoms with Gasteiger partial charge >= 0.3 is 5.97 Å². The van der Waals surface area contributed by atoms with Gasteiger partial charge in [0, 0.05) is 18.8 Å². The Morgan fingerprint density at radius 2 is 1.82 bits per heavy atom. The summed E-state index contributed by atoms with van der Waals surface area (Å²) >= 11 is 0. The highest BCUT2D eigenvalue weighted by molar-refractivity contribution is 6.74. The number of ether oxygens (including phenoxy) is 1. The summed E-state index contributed by atoms with van der Waals surface area (Å²) in [6, 6.07) is 0. The lowest BCUT2D eigenvalue weighted by Gasteiger charge is -2.38. The van der Waals surface area contributed by atoms with Gasteiger partial charge in [-0.05, 0) is 43.8 Å². The van der Waals surface area contributed by atoms with Crippen LogP contribution in [0.25, 0.3) is 0 Å². The van der Waals surface area contributed by atoms with E-state index < -0.39 is 14.4 Å². The summed E-state index contributed by atoms with van der Waals surface area (Å²) in [4.78, 5) is 23.8. The second-order valence-electron chi connectivity index (χ2n) is 11.1. The van der Waals surface area contributed by atoms with Gasteiger partial charge in [-0.2, -0.15) is 0 Å². The number of Topliss-reactive ketones (excluding diaryl/α,β-unsaturated/α-hetero) is 1. The van der Waals surface area contributed by atoms with Gasteiger partial charge in [0.25, 0.3) is 0 Å². The molecule has 1 aliphatic carbocycles. The van der Waals surface area contributed by atoms with Gasteiger partial charge in [-0.15, -0.1) is 0 Å². The molecule has 0 unspecified atom stereocenters. The van der Waals surface area contributed by atoms with E-state index in [1.165, 1.54) is 7.11 Å². The largest absolute Gasteiger partial charge is 0.469 e. The smallest absolute Gasteiger partial charge is 0.305 e. The summed E-state index contributed by atoms with van der Waals surface area (Å²) < 4.78 is 11.3. The molecule has 33 heavy (non-hydrogen) atoms. The summed E-state index contributed by atoms with van der Waals surface area (Å²) in [5, 5.41) is 10.6. The van der Waals surface area contributed by atoms with E-state index in [9.17, 15) is 14.7 Å². The number of aliphatic hydroxyl groups excluding tert-OH is 1. The molecule has 1 rings (SSSR count). The van der Waals surface area contributed by atoms with Crippen molar-refractivity contribution in [2.24, 2.45) is 11.8 Å². The van der Waals surface area contributed by atoms with Crippen molar-refractivity contribution in [3.05, 3.63) is 0 Å². The van der Waals surface area contributed by atoms with Crippen molar-refractivity contribution in [3.63, 3.8) is 0 Å². The first-order chi connectivity index (χ1) is 15.4. The van der Waals surface area contributed by atoms with Crippen LogP contribution in [0.2, 0.25) is 18.1 Å². The van der Waals surface area contributed by atoms with E-state index in [4.69, 9.17) is 4.43 Å². The quantitative estimate of drug-likeness (QED) is 0.151. The van der Waals surface area contributed by atoms with E-state index in [0.29, 0.717) is 6.42 Å². The van der Waals surface area contributed by atoms with Crippen LogP contribution >= 0.6 is 0 Å². The van der Waals surface area contributed by atoms with Crippen LogP contribution < -0.4 is 0 Å². The maximum atomic E-state index is 12.5. The van der Waals surface area contributed by atoms with E-state index >= 15 is 0 Å². The van der Waals surface area contributed by atoms with Gasteiger partial charge in [-0.3, -0.25) is 9.59 Å². The van der Waals surface area contributed by atoms with Gasteiger partial charge < -0.3 is 14.3 Å². The highest BCUT2D eigenvalue weighted by Crippen LogP contribution is 2.38. The molecule has 0 aromatic heterocycles. The van der Waals surface area contributed by atoms with Gasteiger partial charge in [0.1, 0.15) is 11.9 Å². The molecule has 1 saturated carbocycles. The van der Waals surface area contributed by atoms with Crippen molar-refractivity contribution in [1.82, 2.24) is 0 Å². The molecule has 0 heterocycles. The lowest BCUT2D eigenvalue weighted by Crippen LogP contribution is -2.43. The molecule has 0 saturated heterocycles. The number of rotatable bonds is 13. The SMILES string of the molecule is CCCCC[C@@H](C#C[C@H]1[C@H](O)CC(=O)[C@@H]1CCCCCCC(=O)OC)O[Si](C)(C)C(C)(C)C. The Bertz CT molecular complexity index is 670. The van der Waals surface area contributed by atoms with Crippen LogP contribution in [0.1, 0.15) is 98.3 Å². The number of hydrogen-bond donors (Lipinski definition) is 1. The summed E-state index contributed by atoms with van der Waals surface area (Å²) in [6.45, 7) is 13.4. The van der Waals surface area contributed by atoms with Crippen LogP contribution in [0.3, 0.4) is 0 Å². The summed E-state index contributed by atoms with van der Waals surface area (Å²) in [6.07, 6.45) is 8.47. The fraction of sp³-hybridized carbons (Fsp3) is 0.852. The van der Waals surface area contributed by atoms with Crippen molar-refractivity contribution in [2.45, 2.75) is 129 Å². The van der Waals surface area contributed by atoms with Crippen molar-refractivity contribution in [1.29, 1.82) is 0 Å². The van der Waals surface area contributed by atoms with E-state index in [0.717, 1.165) is 57.8 Å². The Kier molecular flexibility index (Phi) is 12.9. The van der Waals surface area contributed by atoms with Gasteiger partial charge in [0.2, 0.25) is 0 Å². The number of carbonyl (C=O) groups excluding carboxylic acids is 2. The lowest BCUT2D eigenvalue weighted by atomic mass is 9.89. The first-order valence-corrected chi connectivity index (χ1v) is 15.8. The number of ketones is 1. The van der Waals surface area contributed by atoms with Crippen LogP contribution in [-0.4, -0.2) is 44.5 Å². The van der Waals surface area contributed by atoms with Crippen LogP contribution in [0.4, 0.5) is 0 Å². The van der Waals surface area contributed by atoms with Crippen LogP contribution in [-0.2, 0) is 18.8 Å². The van der Waals surface area contributed by atoms with Crippen LogP contribution in [0.5, 0.6) is 0 Å². The maximum absolute atomic E-state index is 12.5. The summed E-state index contributed by atoms with van der Waals surface area (Å²) in [5.74, 6) is 6.12. The number of esters is 1. The topological polar surface area (TPSA) is 72.8 Å². The normalized spacial score (nSPS) is 22.1. The van der Waals surface area contributed by atoms with Crippen LogP contribution in [0, 0.1) is 23.7 Å². The fourth-order valence-electron chi connectivity index (χ4n) is 4.04. The molecule has 0 aromatic rings. The van der Waals surface area contributed by atoms with Crippen molar-refractivity contribution < 1.29 is 23.9 Å². The van der Waals surface area contributed by atoms with Gasteiger partial charge in [-0.25, -0.2) is 0 Å². The highest BCUT2D eigenvalue weighted by atomic mass is 28.4. The van der Waals surface area contributed by atoms with E-state index in [2.05, 4.69) is 57.4 Å². The predicted octanol–water partition coefficient (Wildman–Crippen LogP) is 6.04. The number of carbonyl (C=O) groups is 2. The fourth-order valence-corrected chi connectivity index (χ4v) is 5.28. The molecule has 0 radical (unpaired) electrons. The molecular formula is C27H48O5Si. The third-order valence-corrected chi connectivity index (χ3v) is 11.8. The molecule has 0 bridgehead atoms. The molecule has 0 amide bonds. The van der Waals surface area contributed by atoms with E-state index in [1.807, 2.05) is 0 Å². The Labute approximate surface area is 203 Å². The zero-order valence-corrected chi connectivity index (χ0v) is 23.2. The molecule has 4 atom stereocenters. The zero-order valence-electron chi connectivity index (χ0n) is 22.2. The third-order valence-electron chi connectivity index (χ3n) is 7.27. The van der Waals surface area contributed by atoms with Crippen molar-refractivity contribution in [2.75, 3.05) is 7.11 Å². The Morgan fingerprint density at radius 3 is 2.42 bits per heavy atom. The number of aliphatic hydroxyl groups is 1. The number of unbranched alkanes of at least 4 members (excludes halogenated alkanes) is 5. The highest BCUT2D eigenvalue weighted by Gasteiger charge is 2.41. The maximum Gasteiger partial charge on any atom is 0.305 e. The molecule has 190 valence electrons. The first kappa shape index (κ1) is 29.9. The monoisotopic (exact) mass is 480 g/mol. The summed E-state index contributed by atoms with van der Waals surface area (Å²) in [5.41, 5.74) is 0. The lowest BCUT2D eigenvalue weighted by molar-refractivity contribution is -0.140. The third kappa shape index (κ3) is 10.3. The van der Waals surface area contributed by atoms with Crippen molar-refractivity contribution >= 4 is 20.1 Å². The zero-order chi connectivity index (χ0) is 25.1. The molecule has 6 heteroatoms. The minimum absolute atomic E-state index is 0.108. The molecule has 5 nitrogen and oxygen atoms in total. The molecule has 1 fully saturated rings. The predicted molar refractivity (Wildman–Crippen MR) is 136 cm³/mol. The Morgan fingerprint density at radius 1 is 1.15 bits per heavy atom.